The lowest BCUT2D eigenvalue weighted by Crippen LogP contribution is -2.26. The van der Waals surface area contributed by atoms with Gasteiger partial charge in [0.05, 0.1) is 6.54 Å². The van der Waals surface area contributed by atoms with Crippen LogP contribution in [0.25, 0.3) is 5.65 Å². The van der Waals surface area contributed by atoms with Crippen molar-refractivity contribution in [3.8, 4) is 0 Å². The maximum atomic E-state index is 11.8. The fourth-order valence-electron chi connectivity index (χ4n) is 1.73. The standard InChI is InChI=1S/C12H10N6O2/c19-11-5-4-8(14-17-11)12(20)13-7-10-16-15-9-3-1-2-6-18(9)10/h1-6H,7H2,(H,13,20)(H,17,19). The molecule has 0 aliphatic rings. The molecule has 0 fully saturated rings. The van der Waals surface area contributed by atoms with Crippen LogP contribution in [0.2, 0.25) is 0 Å². The molecule has 8 heteroatoms. The van der Waals surface area contributed by atoms with Gasteiger partial charge in [-0.1, -0.05) is 6.07 Å². The van der Waals surface area contributed by atoms with Gasteiger partial charge in [-0.2, -0.15) is 5.10 Å². The number of amides is 1. The van der Waals surface area contributed by atoms with Crippen molar-refractivity contribution >= 4 is 11.6 Å². The number of H-pyrrole nitrogens is 1. The molecule has 0 saturated heterocycles. The van der Waals surface area contributed by atoms with Crippen LogP contribution >= 0.6 is 0 Å². The molecule has 0 radical (unpaired) electrons. The molecule has 0 spiro atoms. The Kier molecular flexibility index (Phi) is 2.96. The largest absolute Gasteiger partial charge is 0.343 e. The van der Waals surface area contributed by atoms with E-state index in [1.807, 2.05) is 24.4 Å². The highest BCUT2D eigenvalue weighted by Gasteiger charge is 2.09. The van der Waals surface area contributed by atoms with Crippen LogP contribution in [-0.4, -0.2) is 30.7 Å². The summed E-state index contributed by atoms with van der Waals surface area (Å²) in [6.45, 7) is 0.213. The predicted molar refractivity (Wildman–Crippen MR) is 69.0 cm³/mol. The van der Waals surface area contributed by atoms with E-state index < -0.39 is 5.91 Å². The van der Waals surface area contributed by atoms with Gasteiger partial charge in [-0.05, 0) is 18.2 Å². The first-order valence-corrected chi connectivity index (χ1v) is 5.86. The molecule has 0 bridgehead atoms. The average molecular weight is 270 g/mol. The van der Waals surface area contributed by atoms with E-state index in [1.165, 1.54) is 12.1 Å². The Morgan fingerprint density at radius 3 is 2.95 bits per heavy atom. The molecule has 0 atom stereocenters. The summed E-state index contributed by atoms with van der Waals surface area (Å²) in [4.78, 5) is 22.7. The first-order chi connectivity index (χ1) is 9.74. The Labute approximate surface area is 112 Å². The predicted octanol–water partition coefficient (Wildman–Crippen LogP) is -0.257. The van der Waals surface area contributed by atoms with Crippen molar-refractivity contribution in [3.05, 3.63) is 58.4 Å². The summed E-state index contributed by atoms with van der Waals surface area (Å²) in [5, 5.41) is 16.5. The Balaban J connectivity index is 1.74. The van der Waals surface area contributed by atoms with Gasteiger partial charge in [-0.3, -0.25) is 14.0 Å². The number of hydrogen-bond acceptors (Lipinski definition) is 5. The van der Waals surface area contributed by atoms with Gasteiger partial charge in [0.1, 0.15) is 5.69 Å². The van der Waals surface area contributed by atoms with Gasteiger partial charge in [-0.25, -0.2) is 5.10 Å². The fourth-order valence-corrected chi connectivity index (χ4v) is 1.73. The smallest absolute Gasteiger partial charge is 0.272 e. The molecule has 100 valence electrons. The summed E-state index contributed by atoms with van der Waals surface area (Å²) in [5.41, 5.74) is 0.488. The second-order valence-electron chi connectivity index (χ2n) is 4.03. The number of rotatable bonds is 3. The van der Waals surface area contributed by atoms with Gasteiger partial charge in [-0.15, -0.1) is 10.2 Å². The van der Waals surface area contributed by atoms with Gasteiger partial charge >= 0.3 is 0 Å². The molecular formula is C12H10N6O2. The van der Waals surface area contributed by atoms with Gasteiger partial charge in [0.2, 0.25) is 0 Å². The molecule has 3 aromatic heterocycles. The quantitative estimate of drug-likeness (QED) is 0.682. The van der Waals surface area contributed by atoms with Crippen LogP contribution < -0.4 is 10.9 Å². The summed E-state index contributed by atoms with van der Waals surface area (Å²) in [5.74, 6) is 0.215. The molecule has 0 unspecified atom stereocenters. The molecular weight excluding hydrogens is 260 g/mol. The van der Waals surface area contributed by atoms with Crippen molar-refractivity contribution in [2.24, 2.45) is 0 Å². The van der Waals surface area contributed by atoms with Crippen LogP contribution in [0, 0.1) is 0 Å². The summed E-state index contributed by atoms with van der Waals surface area (Å²) in [6, 6.07) is 8.13. The third-order valence-electron chi connectivity index (χ3n) is 2.70. The van der Waals surface area contributed by atoms with E-state index in [0.717, 1.165) is 0 Å². The number of nitrogens with zero attached hydrogens (tertiary/aromatic N) is 4. The number of hydrogen-bond donors (Lipinski definition) is 2. The third kappa shape index (κ3) is 2.26. The van der Waals surface area contributed by atoms with Crippen molar-refractivity contribution in [1.29, 1.82) is 0 Å². The van der Waals surface area contributed by atoms with Crippen LogP contribution in [0.3, 0.4) is 0 Å². The van der Waals surface area contributed by atoms with Crippen LogP contribution in [0.5, 0.6) is 0 Å². The number of carbonyl (C=O) groups excluding carboxylic acids is 1. The monoisotopic (exact) mass is 270 g/mol. The van der Waals surface area contributed by atoms with Crippen LogP contribution in [0.1, 0.15) is 16.3 Å². The maximum absolute atomic E-state index is 11.8. The molecule has 0 aliphatic carbocycles. The van der Waals surface area contributed by atoms with Crippen molar-refractivity contribution < 1.29 is 4.79 Å². The second-order valence-corrected chi connectivity index (χ2v) is 4.03. The molecule has 1 amide bonds. The first-order valence-electron chi connectivity index (χ1n) is 5.86. The van der Waals surface area contributed by atoms with Gasteiger partial charge in [0, 0.05) is 12.3 Å². The Morgan fingerprint density at radius 1 is 1.25 bits per heavy atom. The minimum atomic E-state index is -0.395. The normalized spacial score (nSPS) is 10.6. The van der Waals surface area contributed by atoms with Gasteiger partial charge in [0.25, 0.3) is 11.5 Å². The lowest BCUT2D eigenvalue weighted by Gasteiger charge is -2.02. The summed E-state index contributed by atoms with van der Waals surface area (Å²) < 4.78 is 1.78. The van der Waals surface area contributed by atoms with E-state index in [9.17, 15) is 9.59 Å². The number of fused-ring (bicyclic) bond motifs is 1. The molecule has 0 saturated carbocycles. The van der Waals surface area contributed by atoms with Crippen LogP contribution in [0.4, 0.5) is 0 Å². The van der Waals surface area contributed by atoms with Crippen LogP contribution in [-0.2, 0) is 6.54 Å². The fraction of sp³-hybridized carbons (Fsp3) is 0.0833. The van der Waals surface area contributed by atoms with Crippen molar-refractivity contribution in [3.63, 3.8) is 0 Å². The van der Waals surface area contributed by atoms with Crippen molar-refractivity contribution in [2.75, 3.05) is 0 Å². The van der Waals surface area contributed by atoms with E-state index in [4.69, 9.17) is 0 Å². The minimum Gasteiger partial charge on any atom is -0.343 e. The highest BCUT2D eigenvalue weighted by Crippen LogP contribution is 2.02. The van der Waals surface area contributed by atoms with E-state index in [1.54, 1.807) is 4.40 Å². The molecule has 3 aromatic rings. The number of nitrogens with one attached hydrogen (secondary N) is 2. The lowest BCUT2D eigenvalue weighted by atomic mass is 10.3. The van der Waals surface area contributed by atoms with E-state index in [2.05, 4.69) is 25.7 Å². The second kappa shape index (κ2) is 4.92. The van der Waals surface area contributed by atoms with Gasteiger partial charge < -0.3 is 5.32 Å². The van der Waals surface area contributed by atoms with Crippen molar-refractivity contribution in [2.45, 2.75) is 6.54 Å². The van der Waals surface area contributed by atoms with E-state index >= 15 is 0 Å². The first kappa shape index (κ1) is 12.0. The Bertz CT molecular complexity index is 801. The van der Waals surface area contributed by atoms with Crippen LogP contribution in [0.15, 0.2) is 41.3 Å². The summed E-state index contributed by atoms with van der Waals surface area (Å²) in [7, 11) is 0. The van der Waals surface area contributed by atoms with Gasteiger partial charge in [0.15, 0.2) is 11.5 Å². The molecule has 8 nitrogen and oxygen atoms in total. The highest BCUT2D eigenvalue weighted by atomic mass is 16.2. The third-order valence-corrected chi connectivity index (χ3v) is 2.70. The Morgan fingerprint density at radius 2 is 2.15 bits per heavy atom. The molecule has 0 aliphatic heterocycles. The zero-order valence-electron chi connectivity index (χ0n) is 10.3. The lowest BCUT2D eigenvalue weighted by molar-refractivity contribution is 0.0943. The summed E-state index contributed by atoms with van der Waals surface area (Å²) in [6.07, 6.45) is 1.81. The van der Waals surface area contributed by atoms with E-state index in [0.29, 0.717) is 11.5 Å². The molecule has 0 aromatic carbocycles. The zero-order chi connectivity index (χ0) is 13.9. The molecule has 20 heavy (non-hydrogen) atoms. The average Bonchev–Trinajstić information content (AvgIpc) is 2.89. The topological polar surface area (TPSA) is 105 Å². The highest BCUT2D eigenvalue weighted by molar-refractivity contribution is 5.91. The summed E-state index contributed by atoms with van der Waals surface area (Å²) >= 11 is 0. The molecule has 3 heterocycles. The number of carbonyl (C=O) groups is 1. The maximum Gasteiger partial charge on any atom is 0.272 e. The minimum absolute atomic E-state index is 0.137. The Hall–Kier alpha value is -3.03. The molecule has 2 N–H and O–H groups in total. The van der Waals surface area contributed by atoms with E-state index in [-0.39, 0.29) is 17.8 Å². The number of aromatic nitrogens is 5. The SMILES string of the molecule is O=C(NCc1nnc2ccccn12)c1ccc(=O)[nH]n1. The zero-order valence-corrected chi connectivity index (χ0v) is 10.3. The number of pyridine rings is 1. The number of aromatic amines is 1. The molecule has 3 rings (SSSR count). The van der Waals surface area contributed by atoms with Crippen molar-refractivity contribution in [1.82, 2.24) is 30.1 Å².